The van der Waals surface area contributed by atoms with Crippen LogP contribution in [0.3, 0.4) is 0 Å². The Morgan fingerprint density at radius 1 is 1.00 bits per heavy atom. The molecule has 0 radical (unpaired) electrons. The van der Waals surface area contributed by atoms with E-state index in [4.69, 9.17) is 0 Å². The number of amides is 1. The van der Waals surface area contributed by atoms with Crippen molar-refractivity contribution >= 4 is 28.3 Å². The van der Waals surface area contributed by atoms with Gasteiger partial charge in [-0.1, -0.05) is 18.2 Å². The molecule has 3 aromatic carbocycles. The summed E-state index contributed by atoms with van der Waals surface area (Å²) < 4.78 is 0. The molecule has 0 saturated carbocycles. The van der Waals surface area contributed by atoms with Gasteiger partial charge in [-0.2, -0.15) is 0 Å². The Morgan fingerprint density at radius 3 is 2.44 bits per heavy atom. The normalized spacial score (nSPS) is 10.7. The molecule has 0 spiro atoms. The first kappa shape index (κ1) is 16.5. The number of imidazole rings is 1. The minimum Gasteiger partial charge on any atom is -0.338 e. The zero-order valence-corrected chi connectivity index (χ0v) is 14.0. The maximum Gasteiger partial charge on any atom is 0.271 e. The van der Waals surface area contributed by atoms with E-state index in [1.54, 1.807) is 30.3 Å². The summed E-state index contributed by atoms with van der Waals surface area (Å²) in [5, 5.41) is 13.7. The number of nitrogens with one attached hydrogen (secondary N) is 2. The minimum atomic E-state index is -0.440. The van der Waals surface area contributed by atoms with Crippen LogP contribution in [-0.4, -0.2) is 20.8 Å². The number of hydrogen-bond donors (Lipinski definition) is 2. The number of non-ortho nitro benzene ring substituents is 1. The Balaban J connectivity index is 1.56. The molecule has 1 heterocycles. The number of nitro benzene ring substituents is 1. The van der Waals surface area contributed by atoms with Crippen LogP contribution in [0.5, 0.6) is 0 Å². The van der Waals surface area contributed by atoms with E-state index in [0.717, 1.165) is 5.56 Å². The second kappa shape index (κ2) is 6.72. The van der Waals surface area contributed by atoms with E-state index in [1.165, 1.54) is 12.1 Å². The SMILES string of the molecule is O=C(Nc1ccc(-c2nc3ccc([N+](=O)[O-])cc3[nH]2)cc1)c1ccccc1. The third-order valence-corrected chi connectivity index (χ3v) is 4.13. The number of fused-ring (bicyclic) bond motifs is 1. The number of hydrogen-bond acceptors (Lipinski definition) is 4. The number of benzene rings is 3. The Labute approximate surface area is 153 Å². The van der Waals surface area contributed by atoms with Gasteiger partial charge in [0.25, 0.3) is 11.6 Å². The summed E-state index contributed by atoms with van der Waals surface area (Å²) >= 11 is 0. The third-order valence-electron chi connectivity index (χ3n) is 4.13. The molecule has 0 fully saturated rings. The van der Waals surface area contributed by atoms with Gasteiger partial charge in [-0.15, -0.1) is 0 Å². The van der Waals surface area contributed by atoms with Crippen molar-refractivity contribution < 1.29 is 9.72 Å². The van der Waals surface area contributed by atoms with Gasteiger partial charge in [0.15, 0.2) is 0 Å². The van der Waals surface area contributed by atoms with Gasteiger partial charge in [-0.3, -0.25) is 14.9 Å². The number of carbonyl (C=O) groups is 1. The molecule has 2 N–H and O–H groups in total. The van der Waals surface area contributed by atoms with E-state index >= 15 is 0 Å². The first-order valence-electron chi connectivity index (χ1n) is 8.21. The van der Waals surface area contributed by atoms with Crippen molar-refractivity contribution in [3.8, 4) is 11.4 Å². The summed E-state index contributed by atoms with van der Waals surface area (Å²) in [6.07, 6.45) is 0. The predicted molar refractivity (Wildman–Crippen MR) is 103 cm³/mol. The fraction of sp³-hybridized carbons (Fsp3) is 0. The van der Waals surface area contributed by atoms with Gasteiger partial charge in [-0.25, -0.2) is 4.98 Å². The van der Waals surface area contributed by atoms with Gasteiger partial charge < -0.3 is 10.3 Å². The van der Waals surface area contributed by atoms with Crippen molar-refractivity contribution in [3.05, 3.63) is 88.5 Å². The van der Waals surface area contributed by atoms with Crippen LogP contribution in [0.15, 0.2) is 72.8 Å². The van der Waals surface area contributed by atoms with Crippen molar-refractivity contribution in [2.75, 3.05) is 5.32 Å². The van der Waals surface area contributed by atoms with Crippen molar-refractivity contribution in [1.29, 1.82) is 0 Å². The smallest absolute Gasteiger partial charge is 0.271 e. The standard InChI is InChI=1S/C20H14N4O3/c25-20(14-4-2-1-3-5-14)21-15-8-6-13(7-9-15)19-22-17-11-10-16(24(26)27)12-18(17)23-19/h1-12H,(H,21,25)(H,22,23). The number of aromatic nitrogens is 2. The lowest BCUT2D eigenvalue weighted by atomic mass is 10.1. The van der Waals surface area contributed by atoms with Gasteiger partial charge in [0.2, 0.25) is 0 Å². The molecule has 27 heavy (non-hydrogen) atoms. The number of H-pyrrole nitrogens is 1. The van der Waals surface area contributed by atoms with Gasteiger partial charge >= 0.3 is 0 Å². The summed E-state index contributed by atoms with van der Waals surface area (Å²) in [5.74, 6) is 0.422. The molecule has 1 amide bonds. The van der Waals surface area contributed by atoms with Gasteiger partial charge in [0, 0.05) is 28.9 Å². The fourth-order valence-electron chi connectivity index (χ4n) is 2.75. The number of nitro groups is 1. The molecule has 0 bridgehead atoms. The van der Waals surface area contributed by atoms with Crippen molar-refractivity contribution in [2.45, 2.75) is 0 Å². The predicted octanol–water partition coefficient (Wildman–Crippen LogP) is 4.39. The molecule has 4 aromatic rings. The second-order valence-corrected chi connectivity index (χ2v) is 5.94. The highest BCUT2D eigenvalue weighted by Gasteiger charge is 2.11. The van der Waals surface area contributed by atoms with E-state index in [9.17, 15) is 14.9 Å². The van der Waals surface area contributed by atoms with E-state index in [1.807, 2.05) is 30.3 Å². The Bertz CT molecular complexity index is 1140. The molecular formula is C20H14N4O3. The van der Waals surface area contributed by atoms with Crippen molar-refractivity contribution in [3.63, 3.8) is 0 Å². The highest BCUT2D eigenvalue weighted by molar-refractivity contribution is 6.04. The first-order valence-corrected chi connectivity index (χ1v) is 8.21. The average Bonchev–Trinajstić information content (AvgIpc) is 3.12. The topological polar surface area (TPSA) is 101 Å². The number of rotatable bonds is 4. The monoisotopic (exact) mass is 358 g/mol. The van der Waals surface area contributed by atoms with Gasteiger partial charge in [0.05, 0.1) is 16.0 Å². The molecule has 132 valence electrons. The van der Waals surface area contributed by atoms with Crippen LogP contribution in [0.25, 0.3) is 22.4 Å². The lowest BCUT2D eigenvalue weighted by molar-refractivity contribution is -0.384. The van der Waals surface area contributed by atoms with Crippen molar-refractivity contribution in [1.82, 2.24) is 9.97 Å². The maximum absolute atomic E-state index is 12.2. The number of aromatic amines is 1. The Kier molecular flexibility index (Phi) is 4.10. The van der Waals surface area contributed by atoms with Crippen LogP contribution >= 0.6 is 0 Å². The molecule has 4 rings (SSSR count). The van der Waals surface area contributed by atoms with E-state index in [0.29, 0.717) is 28.1 Å². The zero-order valence-electron chi connectivity index (χ0n) is 14.0. The quantitative estimate of drug-likeness (QED) is 0.417. The van der Waals surface area contributed by atoms with Crippen LogP contribution in [0.2, 0.25) is 0 Å². The second-order valence-electron chi connectivity index (χ2n) is 5.94. The fourth-order valence-corrected chi connectivity index (χ4v) is 2.75. The summed E-state index contributed by atoms with van der Waals surface area (Å²) in [4.78, 5) is 30.2. The molecule has 0 aliphatic carbocycles. The van der Waals surface area contributed by atoms with Gasteiger partial charge in [0.1, 0.15) is 5.82 Å². The highest BCUT2D eigenvalue weighted by Crippen LogP contribution is 2.24. The number of anilines is 1. The molecular weight excluding hydrogens is 344 g/mol. The minimum absolute atomic E-state index is 0.0108. The van der Waals surface area contributed by atoms with E-state index < -0.39 is 4.92 Å². The molecule has 7 heteroatoms. The zero-order chi connectivity index (χ0) is 18.8. The van der Waals surface area contributed by atoms with Crippen LogP contribution in [-0.2, 0) is 0 Å². The van der Waals surface area contributed by atoms with Crippen LogP contribution in [0, 0.1) is 10.1 Å². The summed E-state index contributed by atoms with van der Waals surface area (Å²) in [5.41, 5.74) is 3.32. The molecule has 0 aliphatic heterocycles. The third kappa shape index (κ3) is 3.38. The van der Waals surface area contributed by atoms with E-state index in [2.05, 4.69) is 15.3 Å². The summed E-state index contributed by atoms with van der Waals surface area (Å²) in [7, 11) is 0. The van der Waals surface area contributed by atoms with Crippen LogP contribution in [0.1, 0.15) is 10.4 Å². The number of nitrogens with zero attached hydrogens (tertiary/aromatic N) is 2. The Morgan fingerprint density at radius 2 is 1.74 bits per heavy atom. The Hall–Kier alpha value is -4.00. The molecule has 0 atom stereocenters. The molecule has 1 aromatic heterocycles. The summed E-state index contributed by atoms with van der Waals surface area (Å²) in [6, 6.07) is 20.7. The van der Waals surface area contributed by atoms with Crippen LogP contribution < -0.4 is 5.32 Å². The highest BCUT2D eigenvalue weighted by atomic mass is 16.6. The largest absolute Gasteiger partial charge is 0.338 e. The molecule has 0 aliphatic rings. The lowest BCUT2D eigenvalue weighted by Crippen LogP contribution is -2.11. The van der Waals surface area contributed by atoms with Gasteiger partial charge in [-0.05, 0) is 42.5 Å². The summed E-state index contributed by atoms with van der Waals surface area (Å²) in [6.45, 7) is 0. The lowest BCUT2D eigenvalue weighted by Gasteiger charge is -2.05. The molecule has 0 unspecified atom stereocenters. The number of carbonyl (C=O) groups excluding carboxylic acids is 1. The average molecular weight is 358 g/mol. The van der Waals surface area contributed by atoms with Crippen LogP contribution in [0.4, 0.5) is 11.4 Å². The van der Waals surface area contributed by atoms with E-state index in [-0.39, 0.29) is 11.6 Å². The molecule has 0 saturated heterocycles. The molecule has 7 nitrogen and oxygen atoms in total. The van der Waals surface area contributed by atoms with Crippen molar-refractivity contribution in [2.24, 2.45) is 0 Å². The first-order chi connectivity index (χ1) is 13.1. The maximum atomic E-state index is 12.2.